The molecule has 0 bridgehead atoms. The molecule has 0 spiro atoms. The van der Waals surface area contributed by atoms with Crippen LogP contribution in [0.4, 0.5) is 5.69 Å². The first-order valence-corrected chi connectivity index (χ1v) is 8.02. The second kappa shape index (κ2) is 6.34. The van der Waals surface area contributed by atoms with E-state index in [0.717, 1.165) is 12.8 Å². The SMILES string of the molecule is NCC1CCN(S(=O)(=O)c2ccc(NC=O)cc2)CC1. The van der Waals surface area contributed by atoms with E-state index in [1.807, 2.05) is 0 Å². The molecule has 0 aromatic heterocycles. The predicted octanol–water partition coefficient (Wildman–Crippen LogP) is 0.614. The second-order valence-electron chi connectivity index (χ2n) is 4.87. The number of carbonyl (C=O) groups excluding carboxylic acids is 1. The molecule has 3 N–H and O–H groups in total. The number of nitrogens with two attached hydrogens (primary N) is 1. The number of sulfonamides is 1. The Morgan fingerprint density at radius 2 is 1.85 bits per heavy atom. The van der Waals surface area contributed by atoms with Crippen molar-refractivity contribution >= 4 is 22.1 Å². The van der Waals surface area contributed by atoms with Crippen LogP contribution in [0.5, 0.6) is 0 Å². The maximum atomic E-state index is 12.5. The highest BCUT2D eigenvalue weighted by Gasteiger charge is 2.28. The maximum Gasteiger partial charge on any atom is 0.243 e. The standard InChI is InChI=1S/C13H19N3O3S/c14-9-11-5-7-16(8-6-11)20(18,19)13-3-1-12(2-4-13)15-10-17/h1-4,10-11H,5-9,14H2,(H,15,17). The summed E-state index contributed by atoms with van der Waals surface area (Å²) in [6.45, 7) is 1.64. The van der Waals surface area contributed by atoms with E-state index in [0.29, 0.717) is 37.6 Å². The lowest BCUT2D eigenvalue weighted by Gasteiger charge is -2.30. The van der Waals surface area contributed by atoms with Gasteiger partial charge in [-0.25, -0.2) is 8.42 Å². The molecule has 0 unspecified atom stereocenters. The lowest BCUT2D eigenvalue weighted by atomic mass is 9.99. The van der Waals surface area contributed by atoms with Crippen molar-refractivity contribution in [3.63, 3.8) is 0 Å². The molecule has 1 heterocycles. The Bertz CT molecular complexity index is 549. The number of hydrogen-bond donors (Lipinski definition) is 2. The number of amides is 1. The fraction of sp³-hybridized carbons (Fsp3) is 0.462. The first-order chi connectivity index (χ1) is 9.57. The van der Waals surface area contributed by atoms with Crippen molar-refractivity contribution in [2.45, 2.75) is 17.7 Å². The molecule has 1 saturated heterocycles. The molecular formula is C13H19N3O3S. The van der Waals surface area contributed by atoms with E-state index in [1.165, 1.54) is 16.4 Å². The molecule has 1 fully saturated rings. The van der Waals surface area contributed by atoms with Crippen molar-refractivity contribution in [1.82, 2.24) is 4.31 Å². The summed E-state index contributed by atoms with van der Waals surface area (Å²) < 4.78 is 26.4. The molecule has 6 nitrogen and oxygen atoms in total. The average Bonchev–Trinajstić information content (AvgIpc) is 2.48. The van der Waals surface area contributed by atoms with Crippen molar-refractivity contribution < 1.29 is 13.2 Å². The Kier molecular flexibility index (Phi) is 4.74. The van der Waals surface area contributed by atoms with Gasteiger partial charge in [0.1, 0.15) is 0 Å². The van der Waals surface area contributed by atoms with Crippen LogP contribution in [-0.4, -0.2) is 38.8 Å². The zero-order valence-corrected chi connectivity index (χ0v) is 12.0. The number of piperidine rings is 1. The van der Waals surface area contributed by atoms with Gasteiger partial charge in [-0.2, -0.15) is 4.31 Å². The summed E-state index contributed by atoms with van der Waals surface area (Å²) in [5.74, 6) is 0.417. The summed E-state index contributed by atoms with van der Waals surface area (Å²) in [5, 5.41) is 2.48. The molecule has 0 radical (unpaired) electrons. The van der Waals surface area contributed by atoms with Gasteiger partial charge in [-0.15, -0.1) is 0 Å². The van der Waals surface area contributed by atoms with Crippen LogP contribution in [0, 0.1) is 5.92 Å². The molecule has 0 aliphatic carbocycles. The van der Waals surface area contributed by atoms with Crippen LogP contribution in [0.15, 0.2) is 29.2 Å². The van der Waals surface area contributed by atoms with Gasteiger partial charge in [0.15, 0.2) is 0 Å². The van der Waals surface area contributed by atoms with Crippen LogP contribution < -0.4 is 11.1 Å². The second-order valence-corrected chi connectivity index (χ2v) is 6.81. The van der Waals surface area contributed by atoms with E-state index in [9.17, 15) is 13.2 Å². The van der Waals surface area contributed by atoms with Gasteiger partial charge in [-0.3, -0.25) is 4.79 Å². The van der Waals surface area contributed by atoms with E-state index in [4.69, 9.17) is 5.73 Å². The molecule has 20 heavy (non-hydrogen) atoms. The topological polar surface area (TPSA) is 92.5 Å². The number of nitrogens with zero attached hydrogens (tertiary/aromatic N) is 1. The fourth-order valence-electron chi connectivity index (χ4n) is 2.33. The quantitative estimate of drug-likeness (QED) is 0.779. The number of carbonyl (C=O) groups is 1. The van der Waals surface area contributed by atoms with Gasteiger partial charge in [-0.1, -0.05) is 0 Å². The number of rotatable bonds is 5. The maximum absolute atomic E-state index is 12.5. The number of benzene rings is 1. The monoisotopic (exact) mass is 297 g/mol. The Morgan fingerprint density at radius 1 is 1.25 bits per heavy atom. The largest absolute Gasteiger partial charge is 0.330 e. The fourth-order valence-corrected chi connectivity index (χ4v) is 3.80. The molecule has 2 rings (SSSR count). The highest BCUT2D eigenvalue weighted by Crippen LogP contribution is 2.24. The van der Waals surface area contributed by atoms with Crippen LogP contribution in [0.1, 0.15) is 12.8 Å². The van der Waals surface area contributed by atoms with E-state index in [2.05, 4.69) is 5.32 Å². The zero-order valence-electron chi connectivity index (χ0n) is 11.2. The summed E-state index contributed by atoms with van der Waals surface area (Å²) >= 11 is 0. The van der Waals surface area contributed by atoms with Crippen molar-refractivity contribution in [2.24, 2.45) is 11.7 Å². The van der Waals surface area contributed by atoms with Crippen LogP contribution in [0.25, 0.3) is 0 Å². The molecule has 1 amide bonds. The van der Waals surface area contributed by atoms with E-state index < -0.39 is 10.0 Å². The first kappa shape index (κ1) is 15.0. The van der Waals surface area contributed by atoms with Gasteiger partial charge in [0.25, 0.3) is 0 Å². The van der Waals surface area contributed by atoms with Gasteiger partial charge in [-0.05, 0) is 49.6 Å². The van der Waals surface area contributed by atoms with Crippen molar-refractivity contribution in [2.75, 3.05) is 25.0 Å². The van der Waals surface area contributed by atoms with Crippen molar-refractivity contribution in [3.05, 3.63) is 24.3 Å². The summed E-state index contributed by atoms with van der Waals surface area (Å²) in [6.07, 6.45) is 2.17. The number of hydrogen-bond acceptors (Lipinski definition) is 4. The summed E-state index contributed by atoms with van der Waals surface area (Å²) in [5.41, 5.74) is 6.18. The molecule has 7 heteroatoms. The smallest absolute Gasteiger partial charge is 0.243 e. The Labute approximate surface area is 119 Å². The minimum atomic E-state index is -3.45. The molecule has 0 saturated carbocycles. The highest BCUT2D eigenvalue weighted by molar-refractivity contribution is 7.89. The lowest BCUT2D eigenvalue weighted by Crippen LogP contribution is -2.39. The number of anilines is 1. The molecule has 1 aromatic rings. The Balaban J connectivity index is 2.12. The van der Waals surface area contributed by atoms with E-state index >= 15 is 0 Å². The molecular weight excluding hydrogens is 278 g/mol. The summed E-state index contributed by atoms with van der Waals surface area (Å²) in [4.78, 5) is 10.6. The zero-order chi connectivity index (χ0) is 14.6. The van der Waals surface area contributed by atoms with Crippen LogP contribution in [0.3, 0.4) is 0 Å². The van der Waals surface area contributed by atoms with Gasteiger partial charge in [0.2, 0.25) is 16.4 Å². The van der Waals surface area contributed by atoms with Crippen LogP contribution in [0.2, 0.25) is 0 Å². The van der Waals surface area contributed by atoms with Crippen LogP contribution >= 0.6 is 0 Å². The predicted molar refractivity (Wildman–Crippen MR) is 76.7 cm³/mol. The van der Waals surface area contributed by atoms with Crippen LogP contribution in [-0.2, 0) is 14.8 Å². The molecule has 1 aliphatic rings. The van der Waals surface area contributed by atoms with Gasteiger partial charge < -0.3 is 11.1 Å². The van der Waals surface area contributed by atoms with E-state index in [1.54, 1.807) is 12.1 Å². The van der Waals surface area contributed by atoms with Crippen molar-refractivity contribution in [3.8, 4) is 0 Å². The first-order valence-electron chi connectivity index (χ1n) is 6.58. The molecule has 110 valence electrons. The Morgan fingerprint density at radius 3 is 2.35 bits per heavy atom. The lowest BCUT2D eigenvalue weighted by molar-refractivity contribution is -0.105. The molecule has 0 atom stereocenters. The third kappa shape index (κ3) is 3.17. The minimum absolute atomic E-state index is 0.250. The normalized spacial score (nSPS) is 17.9. The van der Waals surface area contributed by atoms with Gasteiger partial charge in [0.05, 0.1) is 4.90 Å². The van der Waals surface area contributed by atoms with Gasteiger partial charge >= 0.3 is 0 Å². The molecule has 1 aliphatic heterocycles. The average molecular weight is 297 g/mol. The third-order valence-electron chi connectivity index (χ3n) is 3.62. The third-order valence-corrected chi connectivity index (χ3v) is 5.54. The van der Waals surface area contributed by atoms with Crippen molar-refractivity contribution in [1.29, 1.82) is 0 Å². The van der Waals surface area contributed by atoms with Gasteiger partial charge in [0, 0.05) is 18.8 Å². The minimum Gasteiger partial charge on any atom is -0.330 e. The highest BCUT2D eigenvalue weighted by atomic mass is 32.2. The van der Waals surface area contributed by atoms with E-state index in [-0.39, 0.29) is 4.90 Å². The molecule has 1 aromatic carbocycles. The Hall–Kier alpha value is -1.44. The number of nitrogens with one attached hydrogen (secondary N) is 1. The summed E-state index contributed by atoms with van der Waals surface area (Å²) in [6, 6.07) is 6.17. The summed E-state index contributed by atoms with van der Waals surface area (Å²) in [7, 11) is -3.45.